The second kappa shape index (κ2) is 32.7. The van der Waals surface area contributed by atoms with Crippen molar-refractivity contribution in [3.8, 4) is 0 Å². The standard InChI is InChI=1S/C12H22.C11H21N.C11H20.C10H19N.2C10H18O/c1-9(2)11-7-5-6-8-12(11)10(3)4;1-8(2)10-6-5-7-12-11(10)9(3)4;1-8(2)10-6-5-7-11(10)9(3)4;1-7(2)9-5-6-11-10(9)8(3)4;1-7(2)9-5-11-6-10(9)8(3)4;1-7(2)9-5-6-11-10(9)8(3)4/h9-10H,5-8H2,1-4H3;8-9,12H,5-7H2,1-4H3;8-9H,5-7H2,1-4H3;7-8,11H,5-6H2,1-4H3;2*7-8H,5-6H2,1-4H3. The fourth-order valence-electron chi connectivity index (χ4n) is 11.2. The Morgan fingerprint density at radius 3 is 0.912 bits per heavy atom. The molecule has 0 saturated heterocycles. The van der Waals surface area contributed by atoms with Gasteiger partial charge < -0.3 is 20.1 Å². The summed E-state index contributed by atoms with van der Waals surface area (Å²) in [6.45, 7) is 59.7. The van der Waals surface area contributed by atoms with Crippen LogP contribution in [-0.4, -0.2) is 32.9 Å². The second-order valence-electron chi connectivity index (χ2n) is 24.6. The van der Waals surface area contributed by atoms with Gasteiger partial charge in [0, 0.05) is 36.8 Å². The van der Waals surface area contributed by atoms with Crippen molar-refractivity contribution in [1.29, 1.82) is 0 Å². The molecule has 6 aliphatic rings. The molecule has 4 aliphatic heterocycles. The molecule has 0 spiro atoms. The minimum Gasteiger partial charge on any atom is -0.497 e. The maximum Gasteiger partial charge on any atom is 0.0981 e. The third-order valence-corrected chi connectivity index (χ3v) is 15.0. The number of rotatable bonds is 12. The monoisotopic (exact) mass is 947 g/mol. The van der Waals surface area contributed by atoms with Crippen molar-refractivity contribution in [3.63, 3.8) is 0 Å². The summed E-state index contributed by atoms with van der Waals surface area (Å²) < 4.78 is 11.0. The predicted molar refractivity (Wildman–Crippen MR) is 304 cm³/mol. The topological polar surface area (TPSA) is 42.5 Å². The Kier molecular flexibility index (Phi) is 30.7. The summed E-state index contributed by atoms with van der Waals surface area (Å²) in [5.74, 6) is 9.72. The van der Waals surface area contributed by atoms with Gasteiger partial charge in [0.2, 0.25) is 0 Å². The molecule has 0 amide bonds. The number of allylic oxidation sites excluding steroid dienone is 8. The lowest BCUT2D eigenvalue weighted by Crippen LogP contribution is -2.26. The van der Waals surface area contributed by atoms with Gasteiger partial charge in [-0.05, 0) is 157 Å². The normalized spacial score (nSPS) is 18.9. The number of nitrogens with one attached hydrogen (secondary N) is 2. The molecule has 0 atom stereocenters. The van der Waals surface area contributed by atoms with Crippen molar-refractivity contribution in [2.75, 3.05) is 32.9 Å². The second-order valence-corrected chi connectivity index (χ2v) is 24.6. The summed E-state index contributed by atoms with van der Waals surface area (Å²) in [6, 6.07) is 0. The Morgan fingerprint density at radius 2 is 0.603 bits per heavy atom. The average Bonchev–Trinajstić information content (AvgIpc) is 4.11. The zero-order valence-corrected chi connectivity index (χ0v) is 50.1. The maximum absolute atomic E-state index is 5.57. The van der Waals surface area contributed by atoms with Gasteiger partial charge >= 0.3 is 0 Å². The lowest BCUT2D eigenvalue weighted by Gasteiger charge is -2.27. The summed E-state index contributed by atoms with van der Waals surface area (Å²) in [5.41, 5.74) is 17.9. The largest absolute Gasteiger partial charge is 0.497 e. The minimum atomic E-state index is 0.565. The van der Waals surface area contributed by atoms with Crippen LogP contribution in [0.1, 0.15) is 237 Å². The van der Waals surface area contributed by atoms with Crippen molar-refractivity contribution in [3.05, 3.63) is 67.3 Å². The molecule has 4 heterocycles. The van der Waals surface area contributed by atoms with E-state index >= 15 is 0 Å². The van der Waals surface area contributed by atoms with Crippen molar-refractivity contribution < 1.29 is 9.47 Å². The highest BCUT2D eigenvalue weighted by molar-refractivity contribution is 5.25. The SMILES string of the molecule is CC(C)C1=C(C(C)C)CCC1.CC(C)C1=C(C(C)C)CCCC1.CC(C)C1=C(C(C)C)COC1.CC(C)C1=C(C(C)C)NCC1.CC(C)C1=C(C(C)C)NCCC1.CC(C)C1=C(C(C)C)OCC1. The number of hydrogen-bond acceptors (Lipinski definition) is 4. The summed E-state index contributed by atoms with van der Waals surface area (Å²) in [7, 11) is 0. The van der Waals surface area contributed by atoms with Crippen LogP contribution in [0.5, 0.6) is 0 Å². The molecule has 0 aromatic carbocycles. The molecule has 0 radical (unpaired) electrons. The van der Waals surface area contributed by atoms with Gasteiger partial charge in [-0.1, -0.05) is 188 Å². The van der Waals surface area contributed by atoms with E-state index in [0.29, 0.717) is 35.5 Å². The predicted octanol–water partition coefficient (Wildman–Crippen LogP) is 19.0. The smallest absolute Gasteiger partial charge is 0.0981 e. The van der Waals surface area contributed by atoms with Crippen molar-refractivity contribution in [2.24, 2.45) is 71.0 Å². The fourth-order valence-corrected chi connectivity index (χ4v) is 11.2. The van der Waals surface area contributed by atoms with E-state index in [9.17, 15) is 0 Å². The van der Waals surface area contributed by atoms with E-state index in [0.717, 1.165) is 68.3 Å². The molecule has 0 aromatic rings. The van der Waals surface area contributed by atoms with Gasteiger partial charge in [0.15, 0.2) is 0 Å². The highest BCUT2D eigenvalue weighted by Gasteiger charge is 2.23. The van der Waals surface area contributed by atoms with Gasteiger partial charge in [0.1, 0.15) is 0 Å². The Labute approximate surface area is 426 Å². The maximum atomic E-state index is 5.57. The Bertz CT molecular complexity index is 1330. The van der Waals surface area contributed by atoms with Crippen LogP contribution >= 0.6 is 0 Å². The van der Waals surface area contributed by atoms with Crippen molar-refractivity contribution in [2.45, 2.75) is 237 Å². The van der Waals surface area contributed by atoms with E-state index in [1.54, 1.807) is 33.4 Å². The zero-order chi connectivity index (χ0) is 52.0. The van der Waals surface area contributed by atoms with Crippen LogP contribution in [0.15, 0.2) is 67.3 Å². The van der Waals surface area contributed by atoms with E-state index in [2.05, 4.69) is 177 Å². The van der Waals surface area contributed by atoms with Gasteiger partial charge in [0.25, 0.3) is 0 Å². The van der Waals surface area contributed by atoms with Crippen molar-refractivity contribution in [1.82, 2.24) is 10.6 Å². The molecular formula is C64H118N2O2. The minimum absolute atomic E-state index is 0.565. The summed E-state index contributed by atoms with van der Waals surface area (Å²) in [6.07, 6.45) is 14.7. The molecule has 4 nitrogen and oxygen atoms in total. The van der Waals surface area contributed by atoms with Gasteiger partial charge in [-0.15, -0.1) is 0 Å². The molecular weight excluding hydrogens is 829 g/mol. The van der Waals surface area contributed by atoms with E-state index < -0.39 is 0 Å². The third-order valence-electron chi connectivity index (χ3n) is 15.0. The van der Waals surface area contributed by atoms with Crippen LogP contribution in [0.4, 0.5) is 0 Å². The quantitative estimate of drug-likeness (QED) is 0.191. The average molecular weight is 948 g/mol. The molecule has 0 fully saturated rings. The third kappa shape index (κ3) is 21.7. The molecule has 396 valence electrons. The van der Waals surface area contributed by atoms with Crippen LogP contribution in [0.2, 0.25) is 0 Å². The molecule has 0 aromatic heterocycles. The molecule has 4 heteroatoms. The Hall–Kier alpha value is -2.20. The van der Waals surface area contributed by atoms with Crippen LogP contribution < -0.4 is 10.6 Å². The van der Waals surface area contributed by atoms with E-state index in [-0.39, 0.29) is 0 Å². The van der Waals surface area contributed by atoms with Gasteiger partial charge in [0.05, 0.1) is 25.6 Å². The van der Waals surface area contributed by atoms with E-state index in [1.807, 2.05) is 0 Å². The fraction of sp³-hybridized carbons (Fsp3) is 0.812. The lowest BCUT2D eigenvalue weighted by molar-refractivity contribution is 0.198. The zero-order valence-electron chi connectivity index (χ0n) is 50.1. The summed E-state index contributed by atoms with van der Waals surface area (Å²) in [5, 5.41) is 7.00. The van der Waals surface area contributed by atoms with Crippen molar-refractivity contribution >= 4 is 0 Å². The Balaban J connectivity index is 0.000000408. The number of hydrogen-bond donors (Lipinski definition) is 2. The molecule has 0 unspecified atom stereocenters. The highest BCUT2D eigenvalue weighted by atomic mass is 16.5. The van der Waals surface area contributed by atoms with Crippen LogP contribution in [0.3, 0.4) is 0 Å². The first-order valence-corrected chi connectivity index (χ1v) is 28.8. The Morgan fingerprint density at radius 1 is 0.279 bits per heavy atom. The highest BCUT2D eigenvalue weighted by Crippen LogP contribution is 2.36. The van der Waals surface area contributed by atoms with E-state index in [4.69, 9.17) is 9.47 Å². The first-order chi connectivity index (χ1) is 31.8. The first-order valence-electron chi connectivity index (χ1n) is 28.8. The van der Waals surface area contributed by atoms with E-state index in [1.165, 1.54) is 105 Å². The van der Waals surface area contributed by atoms with Gasteiger partial charge in [-0.2, -0.15) is 0 Å². The van der Waals surface area contributed by atoms with Crippen LogP contribution in [-0.2, 0) is 9.47 Å². The molecule has 0 bridgehead atoms. The molecule has 68 heavy (non-hydrogen) atoms. The molecule has 2 aliphatic carbocycles. The number of ether oxygens (including phenoxy) is 2. The lowest BCUT2D eigenvalue weighted by atomic mass is 9.81. The van der Waals surface area contributed by atoms with Crippen LogP contribution in [0, 0.1) is 71.0 Å². The van der Waals surface area contributed by atoms with Crippen LogP contribution in [0.25, 0.3) is 0 Å². The van der Waals surface area contributed by atoms with Gasteiger partial charge in [-0.3, -0.25) is 0 Å². The molecule has 0 saturated carbocycles. The molecule has 2 N–H and O–H groups in total. The first kappa shape index (κ1) is 63.8. The molecule has 6 rings (SSSR count). The summed E-state index contributed by atoms with van der Waals surface area (Å²) >= 11 is 0. The summed E-state index contributed by atoms with van der Waals surface area (Å²) in [4.78, 5) is 0. The van der Waals surface area contributed by atoms with Gasteiger partial charge in [-0.25, -0.2) is 0 Å².